The highest BCUT2D eigenvalue weighted by molar-refractivity contribution is 7.78. The van der Waals surface area contributed by atoms with Crippen molar-refractivity contribution < 1.29 is 8.78 Å². The van der Waals surface area contributed by atoms with Gasteiger partial charge in [0.05, 0.1) is 16.4 Å². The molecule has 0 radical (unpaired) electrons. The van der Waals surface area contributed by atoms with Crippen LogP contribution in [0, 0.1) is 41.2 Å². The van der Waals surface area contributed by atoms with Crippen LogP contribution in [0.5, 0.6) is 0 Å². The summed E-state index contributed by atoms with van der Waals surface area (Å²) in [5.74, 6) is 6.44. The third-order valence-electron chi connectivity index (χ3n) is 4.81. The lowest BCUT2D eigenvalue weighted by atomic mass is 9.80. The molecule has 1 aromatic carbocycles. The smallest absolute Gasteiger partial charge is 0.143 e. The lowest BCUT2D eigenvalue weighted by Crippen LogP contribution is -2.13. The average Bonchev–Trinajstić information content (AvgIpc) is 3.32. The van der Waals surface area contributed by atoms with E-state index in [1.807, 2.05) is 0 Å². The van der Waals surface area contributed by atoms with Gasteiger partial charge in [-0.05, 0) is 56.2 Å². The van der Waals surface area contributed by atoms with Crippen molar-refractivity contribution in [2.75, 3.05) is 0 Å². The average molecular weight is 331 g/mol. The van der Waals surface area contributed by atoms with E-state index < -0.39 is 11.6 Å². The molecule has 0 bridgehead atoms. The molecule has 0 aliphatic heterocycles. The van der Waals surface area contributed by atoms with Crippen molar-refractivity contribution in [3.05, 3.63) is 29.3 Å². The Balaban J connectivity index is 1.64. The van der Waals surface area contributed by atoms with Crippen molar-refractivity contribution in [1.29, 1.82) is 0 Å². The lowest BCUT2D eigenvalue weighted by molar-refractivity contribution is 0.291. The molecule has 1 nitrogen and oxygen atoms in total. The molecule has 0 N–H and O–H groups in total. The van der Waals surface area contributed by atoms with Crippen molar-refractivity contribution in [1.82, 2.24) is 0 Å². The largest absolute Gasteiger partial charge is 0.205 e. The summed E-state index contributed by atoms with van der Waals surface area (Å²) in [7, 11) is 0. The van der Waals surface area contributed by atoms with E-state index in [-0.39, 0.29) is 17.2 Å². The first kappa shape index (κ1) is 16.3. The van der Waals surface area contributed by atoms with Crippen LogP contribution in [-0.2, 0) is 0 Å². The molecule has 23 heavy (non-hydrogen) atoms. The first-order chi connectivity index (χ1) is 11.2. The number of rotatable bonds is 3. The molecule has 2 saturated carbocycles. The van der Waals surface area contributed by atoms with Crippen molar-refractivity contribution in [2.24, 2.45) is 22.7 Å². The molecule has 0 amide bonds. The SMILES string of the molecule is Fc1cc(N=C=S)cc(F)c1C#CC1CCC(CC2CC2)CC1. The molecule has 0 heterocycles. The number of nitrogens with zero attached hydrogens (tertiary/aromatic N) is 1. The highest BCUT2D eigenvalue weighted by Gasteiger charge is 2.28. The maximum absolute atomic E-state index is 13.9. The minimum atomic E-state index is -0.691. The van der Waals surface area contributed by atoms with Crippen LogP contribution in [-0.4, -0.2) is 5.16 Å². The van der Waals surface area contributed by atoms with E-state index in [1.54, 1.807) is 0 Å². The molecule has 0 aromatic heterocycles. The number of benzene rings is 1. The summed E-state index contributed by atoms with van der Waals surface area (Å²) >= 11 is 4.44. The number of halogens is 2. The van der Waals surface area contributed by atoms with Gasteiger partial charge >= 0.3 is 0 Å². The maximum atomic E-state index is 13.9. The molecule has 120 valence electrons. The summed E-state index contributed by atoms with van der Waals surface area (Å²) in [5, 5.41) is 2.10. The first-order valence-electron chi connectivity index (χ1n) is 8.24. The van der Waals surface area contributed by atoms with E-state index >= 15 is 0 Å². The first-order valence-corrected chi connectivity index (χ1v) is 8.65. The number of thiocarbonyl (C=S) groups is 1. The topological polar surface area (TPSA) is 12.4 Å². The second-order valence-corrected chi connectivity index (χ2v) is 6.84. The van der Waals surface area contributed by atoms with E-state index in [1.165, 1.54) is 32.1 Å². The third-order valence-corrected chi connectivity index (χ3v) is 4.90. The Bertz CT molecular complexity index is 662. The van der Waals surface area contributed by atoms with Gasteiger partial charge in [-0.15, -0.1) is 0 Å². The summed E-state index contributed by atoms with van der Waals surface area (Å²) in [6.07, 6.45) is 8.66. The number of isothiocyanates is 1. The molecule has 3 rings (SSSR count). The van der Waals surface area contributed by atoms with Crippen LogP contribution in [0.4, 0.5) is 14.5 Å². The van der Waals surface area contributed by atoms with Gasteiger partial charge in [0.2, 0.25) is 0 Å². The summed E-state index contributed by atoms with van der Waals surface area (Å²) in [4.78, 5) is 3.59. The third kappa shape index (κ3) is 4.47. The quantitative estimate of drug-likeness (QED) is 0.396. The van der Waals surface area contributed by atoms with Crippen molar-refractivity contribution in [3.8, 4) is 11.8 Å². The predicted molar refractivity (Wildman–Crippen MR) is 90.7 cm³/mol. The van der Waals surface area contributed by atoms with Gasteiger partial charge in [0.1, 0.15) is 11.6 Å². The van der Waals surface area contributed by atoms with E-state index in [4.69, 9.17) is 0 Å². The van der Waals surface area contributed by atoms with Crippen molar-refractivity contribution in [3.63, 3.8) is 0 Å². The number of hydrogen-bond donors (Lipinski definition) is 0. The molecule has 0 saturated heterocycles. The normalized spacial score (nSPS) is 23.6. The highest BCUT2D eigenvalue weighted by Crippen LogP contribution is 2.40. The molecule has 0 unspecified atom stereocenters. The van der Waals surface area contributed by atoms with E-state index in [0.29, 0.717) is 0 Å². The van der Waals surface area contributed by atoms with Gasteiger partial charge in [0.25, 0.3) is 0 Å². The van der Waals surface area contributed by atoms with E-state index in [0.717, 1.165) is 36.8 Å². The molecule has 2 fully saturated rings. The fourth-order valence-corrected chi connectivity index (χ4v) is 3.44. The Morgan fingerprint density at radius 1 is 1.00 bits per heavy atom. The molecule has 2 aliphatic carbocycles. The van der Waals surface area contributed by atoms with E-state index in [9.17, 15) is 8.78 Å². The Morgan fingerprint density at radius 3 is 2.09 bits per heavy atom. The lowest BCUT2D eigenvalue weighted by Gasteiger charge is -2.25. The zero-order chi connectivity index (χ0) is 16.2. The van der Waals surface area contributed by atoms with Gasteiger partial charge in [-0.2, -0.15) is 4.99 Å². The van der Waals surface area contributed by atoms with Crippen LogP contribution in [0.2, 0.25) is 0 Å². The number of hydrogen-bond acceptors (Lipinski definition) is 2. The fourth-order valence-electron chi connectivity index (χ4n) is 3.34. The van der Waals surface area contributed by atoms with Gasteiger partial charge in [-0.25, -0.2) is 8.78 Å². The van der Waals surface area contributed by atoms with E-state index in [2.05, 4.69) is 34.2 Å². The summed E-state index contributed by atoms with van der Waals surface area (Å²) in [5.41, 5.74) is -0.0467. The summed E-state index contributed by atoms with van der Waals surface area (Å²) in [6.45, 7) is 0. The summed E-state index contributed by atoms with van der Waals surface area (Å²) < 4.78 is 27.9. The second kappa shape index (κ2) is 7.34. The van der Waals surface area contributed by atoms with Crippen LogP contribution >= 0.6 is 12.2 Å². The summed E-state index contributed by atoms with van der Waals surface area (Å²) in [6, 6.07) is 2.28. The molecule has 2 aliphatic rings. The van der Waals surface area contributed by atoms with Crippen LogP contribution in [0.25, 0.3) is 0 Å². The Morgan fingerprint density at radius 2 is 1.57 bits per heavy atom. The van der Waals surface area contributed by atoms with Crippen molar-refractivity contribution >= 4 is 23.1 Å². The van der Waals surface area contributed by atoms with Crippen LogP contribution in [0.3, 0.4) is 0 Å². The molecule has 0 spiro atoms. The Kier molecular flexibility index (Phi) is 5.20. The highest BCUT2D eigenvalue weighted by atomic mass is 32.1. The Labute approximate surface area is 141 Å². The van der Waals surface area contributed by atoms with Gasteiger partial charge in [0, 0.05) is 18.1 Å². The van der Waals surface area contributed by atoms with Gasteiger partial charge < -0.3 is 0 Å². The van der Waals surface area contributed by atoms with Gasteiger partial charge in [0.15, 0.2) is 0 Å². The molecule has 0 atom stereocenters. The van der Waals surface area contributed by atoms with Crippen molar-refractivity contribution in [2.45, 2.75) is 44.9 Å². The standard InChI is InChI=1S/C19H19F2NS/c20-18-10-16(22-12-23)11-19(21)17(18)8-7-13-1-3-14(4-2-13)9-15-5-6-15/h10-11,13-15H,1-6,9H2. The zero-order valence-corrected chi connectivity index (χ0v) is 13.8. The maximum Gasteiger partial charge on any atom is 0.143 e. The molecular formula is C19H19F2NS. The zero-order valence-electron chi connectivity index (χ0n) is 12.9. The monoisotopic (exact) mass is 331 g/mol. The second-order valence-electron chi connectivity index (χ2n) is 6.65. The Hall–Kier alpha value is -1.56. The minimum absolute atomic E-state index is 0.126. The molecular weight excluding hydrogens is 312 g/mol. The van der Waals surface area contributed by atoms with Crippen LogP contribution in [0.1, 0.15) is 50.5 Å². The molecule has 4 heteroatoms. The minimum Gasteiger partial charge on any atom is -0.205 e. The predicted octanol–water partition coefficient (Wildman–Crippen LogP) is 5.66. The number of aliphatic imine (C=N–C) groups is 1. The van der Waals surface area contributed by atoms with Crippen LogP contribution in [0.15, 0.2) is 17.1 Å². The fraction of sp³-hybridized carbons (Fsp3) is 0.526. The van der Waals surface area contributed by atoms with Gasteiger partial charge in [-0.3, -0.25) is 0 Å². The van der Waals surface area contributed by atoms with Crippen LogP contribution < -0.4 is 0 Å². The van der Waals surface area contributed by atoms with Gasteiger partial charge in [-0.1, -0.05) is 24.7 Å². The molecule has 1 aromatic rings.